The van der Waals surface area contributed by atoms with Crippen LogP contribution in [0, 0.1) is 10.1 Å². The standard InChI is InChI=1S/C6H4ClNO4/c7-5-4(9)2-1-3(6(5)10)8(11)12/h1-2,9-10H. The van der Waals surface area contributed by atoms with Crippen molar-refractivity contribution in [3.8, 4) is 11.5 Å². The van der Waals surface area contributed by atoms with E-state index in [2.05, 4.69) is 0 Å². The Hall–Kier alpha value is -1.49. The van der Waals surface area contributed by atoms with E-state index in [4.69, 9.17) is 21.8 Å². The highest BCUT2D eigenvalue weighted by Gasteiger charge is 2.18. The number of benzene rings is 1. The monoisotopic (exact) mass is 189 g/mol. The van der Waals surface area contributed by atoms with E-state index in [1.165, 1.54) is 0 Å². The maximum absolute atomic E-state index is 10.2. The Labute approximate surface area is 72.0 Å². The first-order valence-corrected chi connectivity index (χ1v) is 3.26. The molecule has 0 aliphatic carbocycles. The number of aromatic hydroxyl groups is 2. The molecule has 12 heavy (non-hydrogen) atoms. The van der Waals surface area contributed by atoms with Crippen molar-refractivity contribution in [1.82, 2.24) is 0 Å². The Morgan fingerprint density at radius 3 is 2.50 bits per heavy atom. The van der Waals surface area contributed by atoms with Crippen LogP contribution >= 0.6 is 11.6 Å². The van der Waals surface area contributed by atoms with Crippen LogP contribution in [0.25, 0.3) is 0 Å². The maximum atomic E-state index is 10.2. The van der Waals surface area contributed by atoms with Crippen molar-refractivity contribution < 1.29 is 15.1 Å². The molecule has 2 N–H and O–H groups in total. The van der Waals surface area contributed by atoms with Crippen LogP contribution in [0.15, 0.2) is 12.1 Å². The molecule has 0 saturated heterocycles. The maximum Gasteiger partial charge on any atom is 0.312 e. The van der Waals surface area contributed by atoms with Gasteiger partial charge in [0.25, 0.3) is 0 Å². The van der Waals surface area contributed by atoms with Gasteiger partial charge in [-0.25, -0.2) is 0 Å². The number of phenols is 2. The Bertz CT molecular complexity index is 339. The normalized spacial score (nSPS) is 9.75. The first-order valence-electron chi connectivity index (χ1n) is 2.89. The number of hydrogen-bond donors (Lipinski definition) is 2. The van der Waals surface area contributed by atoms with Gasteiger partial charge >= 0.3 is 5.69 Å². The summed E-state index contributed by atoms with van der Waals surface area (Å²) < 4.78 is 0. The van der Waals surface area contributed by atoms with E-state index in [1.54, 1.807) is 0 Å². The lowest BCUT2D eigenvalue weighted by Gasteiger charge is -1.99. The second-order valence-electron chi connectivity index (χ2n) is 2.02. The molecule has 1 aromatic rings. The number of nitro benzene ring substituents is 1. The van der Waals surface area contributed by atoms with Gasteiger partial charge in [-0.15, -0.1) is 0 Å². The molecule has 0 radical (unpaired) electrons. The summed E-state index contributed by atoms with van der Waals surface area (Å²) >= 11 is 5.32. The van der Waals surface area contributed by atoms with Crippen LogP contribution in [0.3, 0.4) is 0 Å². The van der Waals surface area contributed by atoms with Gasteiger partial charge in [0.2, 0.25) is 5.75 Å². The second kappa shape index (κ2) is 2.86. The van der Waals surface area contributed by atoms with Gasteiger partial charge in [-0.1, -0.05) is 11.6 Å². The minimum Gasteiger partial charge on any atom is -0.506 e. The zero-order chi connectivity index (χ0) is 9.30. The molecule has 0 saturated carbocycles. The lowest BCUT2D eigenvalue weighted by Crippen LogP contribution is -1.88. The van der Waals surface area contributed by atoms with Crippen molar-refractivity contribution in [2.75, 3.05) is 0 Å². The van der Waals surface area contributed by atoms with Crippen LogP contribution < -0.4 is 0 Å². The van der Waals surface area contributed by atoms with Gasteiger partial charge in [-0.3, -0.25) is 10.1 Å². The molecule has 1 aromatic carbocycles. The molecule has 0 aliphatic heterocycles. The molecule has 0 spiro atoms. The van der Waals surface area contributed by atoms with Crippen LogP contribution in [0.1, 0.15) is 0 Å². The summed E-state index contributed by atoms with van der Waals surface area (Å²) in [6.45, 7) is 0. The Kier molecular flexibility index (Phi) is 2.05. The lowest BCUT2D eigenvalue weighted by molar-refractivity contribution is -0.385. The van der Waals surface area contributed by atoms with Crippen molar-refractivity contribution in [2.24, 2.45) is 0 Å². The number of phenolic OH excluding ortho intramolecular Hbond substituents is 2. The zero-order valence-electron chi connectivity index (χ0n) is 5.69. The summed E-state index contributed by atoms with van der Waals surface area (Å²) in [6, 6.07) is 2.01. The van der Waals surface area contributed by atoms with Crippen molar-refractivity contribution in [1.29, 1.82) is 0 Å². The quantitative estimate of drug-likeness (QED) is 0.520. The van der Waals surface area contributed by atoms with E-state index in [-0.39, 0.29) is 5.75 Å². The van der Waals surface area contributed by atoms with Crippen molar-refractivity contribution in [2.45, 2.75) is 0 Å². The summed E-state index contributed by atoms with van der Waals surface area (Å²) in [4.78, 5) is 9.40. The third-order valence-corrected chi connectivity index (χ3v) is 1.64. The Morgan fingerprint density at radius 2 is 2.00 bits per heavy atom. The molecule has 0 aromatic heterocycles. The van der Waals surface area contributed by atoms with Gasteiger partial charge in [0, 0.05) is 6.07 Å². The topological polar surface area (TPSA) is 83.6 Å². The molecule has 0 fully saturated rings. The van der Waals surface area contributed by atoms with E-state index in [1.807, 2.05) is 0 Å². The summed E-state index contributed by atoms with van der Waals surface area (Å²) in [5.74, 6) is -1.11. The third kappa shape index (κ3) is 1.26. The van der Waals surface area contributed by atoms with Crippen LogP contribution in [-0.4, -0.2) is 15.1 Å². The predicted octanol–water partition coefficient (Wildman–Crippen LogP) is 1.66. The van der Waals surface area contributed by atoms with E-state index >= 15 is 0 Å². The van der Waals surface area contributed by atoms with Crippen molar-refractivity contribution in [3.05, 3.63) is 27.3 Å². The fourth-order valence-corrected chi connectivity index (χ4v) is 0.851. The minimum absolute atomic E-state index is 0.389. The van der Waals surface area contributed by atoms with Crippen LogP contribution in [0.4, 0.5) is 5.69 Å². The summed E-state index contributed by atoms with van der Waals surface area (Å²) in [7, 11) is 0. The Morgan fingerprint density at radius 1 is 1.42 bits per heavy atom. The highest BCUT2D eigenvalue weighted by Crippen LogP contribution is 2.39. The summed E-state index contributed by atoms with van der Waals surface area (Å²) in [5, 5.41) is 27.7. The largest absolute Gasteiger partial charge is 0.506 e. The molecule has 1 rings (SSSR count). The molecule has 0 bridgehead atoms. The van der Waals surface area contributed by atoms with Crippen molar-refractivity contribution >= 4 is 17.3 Å². The molecule has 0 atom stereocenters. The van der Waals surface area contributed by atoms with Gasteiger partial charge in [0.15, 0.2) is 0 Å². The Balaban J connectivity index is 3.36. The summed E-state index contributed by atoms with van der Waals surface area (Å²) in [6.07, 6.45) is 0. The highest BCUT2D eigenvalue weighted by atomic mass is 35.5. The smallest absolute Gasteiger partial charge is 0.312 e. The average molecular weight is 190 g/mol. The SMILES string of the molecule is O=[N+]([O-])c1ccc(O)c(Cl)c1O. The van der Waals surface area contributed by atoms with Gasteiger partial charge in [0.1, 0.15) is 10.8 Å². The number of rotatable bonds is 1. The molecule has 6 heteroatoms. The van der Waals surface area contributed by atoms with E-state index in [0.29, 0.717) is 0 Å². The number of hydrogen-bond acceptors (Lipinski definition) is 4. The van der Waals surface area contributed by atoms with E-state index < -0.39 is 21.4 Å². The minimum atomic E-state index is -0.791. The number of nitrogens with zero attached hydrogens (tertiary/aromatic N) is 1. The van der Waals surface area contributed by atoms with E-state index in [0.717, 1.165) is 12.1 Å². The molecule has 0 amide bonds. The van der Waals surface area contributed by atoms with Crippen LogP contribution in [-0.2, 0) is 0 Å². The zero-order valence-corrected chi connectivity index (χ0v) is 6.45. The van der Waals surface area contributed by atoms with E-state index in [9.17, 15) is 10.1 Å². The predicted molar refractivity (Wildman–Crippen MR) is 41.4 cm³/mol. The molecule has 64 valence electrons. The molecule has 0 unspecified atom stereocenters. The van der Waals surface area contributed by atoms with Crippen molar-refractivity contribution in [3.63, 3.8) is 0 Å². The molecular formula is C6H4ClNO4. The lowest BCUT2D eigenvalue weighted by atomic mass is 10.3. The average Bonchev–Trinajstić information content (AvgIpc) is 2.00. The van der Waals surface area contributed by atoms with Crippen LogP contribution in [0.5, 0.6) is 11.5 Å². The van der Waals surface area contributed by atoms with Gasteiger partial charge < -0.3 is 10.2 Å². The fourth-order valence-electron chi connectivity index (χ4n) is 0.691. The first kappa shape index (κ1) is 8.61. The van der Waals surface area contributed by atoms with Gasteiger partial charge in [-0.2, -0.15) is 0 Å². The molecule has 0 aliphatic rings. The van der Waals surface area contributed by atoms with Crippen LogP contribution in [0.2, 0.25) is 5.02 Å². The molecule has 5 nitrogen and oxygen atoms in total. The van der Waals surface area contributed by atoms with Gasteiger partial charge in [-0.05, 0) is 6.07 Å². The number of nitro groups is 1. The number of halogens is 1. The molecular weight excluding hydrogens is 186 g/mol. The second-order valence-corrected chi connectivity index (χ2v) is 2.40. The first-order chi connectivity index (χ1) is 5.54. The van der Waals surface area contributed by atoms with Gasteiger partial charge in [0.05, 0.1) is 4.92 Å². The molecule has 0 heterocycles. The summed E-state index contributed by atoms with van der Waals surface area (Å²) in [5.41, 5.74) is -0.530. The third-order valence-electron chi connectivity index (χ3n) is 1.27. The highest BCUT2D eigenvalue weighted by molar-refractivity contribution is 6.33. The fraction of sp³-hybridized carbons (Fsp3) is 0.